The molecule has 8 heteroatoms. The van der Waals surface area contributed by atoms with E-state index in [1.54, 1.807) is 41.0 Å². The molecule has 1 saturated heterocycles. The molecule has 0 radical (unpaired) electrons. The average molecular weight is 396 g/mol. The predicted octanol–water partition coefficient (Wildman–Crippen LogP) is 3.14. The van der Waals surface area contributed by atoms with Gasteiger partial charge in [0.05, 0.1) is 6.61 Å². The molecule has 2 rings (SSSR count). The van der Waals surface area contributed by atoms with E-state index in [1.165, 1.54) is 6.92 Å². The molecule has 0 unspecified atom stereocenters. The first-order valence-electron chi connectivity index (χ1n) is 9.15. The van der Waals surface area contributed by atoms with Gasteiger partial charge < -0.3 is 19.9 Å². The minimum absolute atomic E-state index is 0.0205. The van der Waals surface area contributed by atoms with Crippen molar-refractivity contribution < 1.29 is 19.1 Å². The summed E-state index contributed by atoms with van der Waals surface area (Å²) < 4.78 is 5.01. The number of nitrogens with zero attached hydrogens (tertiary/aromatic N) is 2. The van der Waals surface area contributed by atoms with Gasteiger partial charge in [-0.3, -0.25) is 9.59 Å². The van der Waals surface area contributed by atoms with Crippen LogP contribution >= 0.6 is 11.6 Å². The summed E-state index contributed by atoms with van der Waals surface area (Å²) >= 11 is 5.91. The van der Waals surface area contributed by atoms with Crippen molar-refractivity contribution in [2.75, 3.05) is 31.6 Å². The molecular weight excluding hydrogens is 370 g/mol. The number of hydrogen-bond acceptors (Lipinski definition) is 4. The Kier molecular flexibility index (Phi) is 7.91. The summed E-state index contributed by atoms with van der Waals surface area (Å²) in [6.45, 7) is 5.05. The van der Waals surface area contributed by atoms with Gasteiger partial charge in [-0.05, 0) is 38.0 Å². The monoisotopic (exact) mass is 395 g/mol. The fourth-order valence-corrected chi connectivity index (χ4v) is 3.37. The Balaban J connectivity index is 1.84. The second kappa shape index (κ2) is 10.2. The van der Waals surface area contributed by atoms with Crippen molar-refractivity contribution in [2.45, 2.75) is 39.2 Å². The van der Waals surface area contributed by atoms with Crippen LogP contribution in [0.1, 0.15) is 33.1 Å². The zero-order valence-electron chi connectivity index (χ0n) is 15.7. The zero-order valence-corrected chi connectivity index (χ0v) is 16.5. The van der Waals surface area contributed by atoms with Crippen LogP contribution in [0.2, 0.25) is 5.02 Å². The topological polar surface area (TPSA) is 79.0 Å². The molecule has 0 aliphatic carbocycles. The molecule has 1 aliphatic heterocycles. The smallest absolute Gasteiger partial charge is 0.409 e. The van der Waals surface area contributed by atoms with Crippen molar-refractivity contribution in [1.82, 2.24) is 9.80 Å². The highest BCUT2D eigenvalue weighted by Crippen LogP contribution is 2.19. The van der Waals surface area contributed by atoms with Crippen molar-refractivity contribution in [1.29, 1.82) is 0 Å². The maximum atomic E-state index is 12.2. The Hall–Kier alpha value is -2.28. The van der Waals surface area contributed by atoms with Gasteiger partial charge in [0.25, 0.3) is 0 Å². The van der Waals surface area contributed by atoms with E-state index in [9.17, 15) is 14.4 Å². The normalized spacial score (nSPS) is 14.6. The van der Waals surface area contributed by atoms with Crippen LogP contribution in [-0.4, -0.2) is 60.0 Å². The third-order valence-corrected chi connectivity index (χ3v) is 4.76. The average Bonchev–Trinajstić information content (AvgIpc) is 2.62. The highest BCUT2D eigenvalue weighted by atomic mass is 35.5. The van der Waals surface area contributed by atoms with E-state index >= 15 is 0 Å². The first-order valence-corrected chi connectivity index (χ1v) is 9.52. The van der Waals surface area contributed by atoms with Crippen LogP contribution in [-0.2, 0) is 14.3 Å². The molecule has 1 fully saturated rings. The van der Waals surface area contributed by atoms with Crippen LogP contribution in [0.15, 0.2) is 24.3 Å². The van der Waals surface area contributed by atoms with Crippen molar-refractivity contribution >= 4 is 35.2 Å². The van der Waals surface area contributed by atoms with E-state index in [-0.39, 0.29) is 30.4 Å². The van der Waals surface area contributed by atoms with E-state index in [0.717, 1.165) is 0 Å². The van der Waals surface area contributed by atoms with Gasteiger partial charge in [-0.1, -0.05) is 17.7 Å². The molecule has 0 atom stereocenters. The Labute approximate surface area is 164 Å². The number of carbonyl (C=O) groups excluding carboxylic acids is 3. The zero-order chi connectivity index (χ0) is 19.8. The van der Waals surface area contributed by atoms with Gasteiger partial charge in [0.15, 0.2) is 0 Å². The Bertz CT molecular complexity index is 675. The predicted molar refractivity (Wildman–Crippen MR) is 104 cm³/mol. The fraction of sp³-hybridized carbons (Fsp3) is 0.526. The molecule has 1 aromatic carbocycles. The summed E-state index contributed by atoms with van der Waals surface area (Å²) in [5.74, 6) is -0.243. The second-order valence-electron chi connectivity index (χ2n) is 6.44. The van der Waals surface area contributed by atoms with Gasteiger partial charge in [0.2, 0.25) is 11.8 Å². The molecule has 0 saturated carbocycles. The lowest BCUT2D eigenvalue weighted by Crippen LogP contribution is -2.49. The summed E-state index contributed by atoms with van der Waals surface area (Å²) in [5, 5.41) is 3.33. The number of amides is 3. The number of likely N-dealkylation sites (tertiary alicyclic amines) is 1. The van der Waals surface area contributed by atoms with Crippen LogP contribution < -0.4 is 5.32 Å². The Morgan fingerprint density at radius 2 is 2.00 bits per heavy atom. The van der Waals surface area contributed by atoms with E-state index < -0.39 is 0 Å². The second-order valence-corrected chi connectivity index (χ2v) is 6.87. The van der Waals surface area contributed by atoms with Crippen LogP contribution in [0.4, 0.5) is 10.5 Å². The number of piperidine rings is 1. The van der Waals surface area contributed by atoms with Crippen LogP contribution in [0.3, 0.4) is 0 Å². The summed E-state index contributed by atoms with van der Waals surface area (Å²) in [6, 6.07) is 6.95. The quantitative estimate of drug-likeness (QED) is 0.802. The molecule has 0 bridgehead atoms. The summed E-state index contributed by atoms with van der Waals surface area (Å²) in [4.78, 5) is 39.4. The molecule has 1 heterocycles. The first kappa shape index (κ1) is 21.0. The lowest BCUT2D eigenvalue weighted by Gasteiger charge is -2.37. The fourth-order valence-electron chi connectivity index (χ4n) is 3.18. The molecule has 1 aromatic rings. The van der Waals surface area contributed by atoms with E-state index in [1.807, 2.05) is 0 Å². The Morgan fingerprint density at radius 3 is 2.59 bits per heavy atom. The number of halogens is 1. The molecule has 1 N–H and O–H groups in total. The van der Waals surface area contributed by atoms with Crippen LogP contribution in [0, 0.1) is 0 Å². The highest BCUT2D eigenvalue weighted by molar-refractivity contribution is 6.30. The lowest BCUT2D eigenvalue weighted by molar-refractivity contribution is -0.132. The maximum absolute atomic E-state index is 12.2. The van der Waals surface area contributed by atoms with Gasteiger partial charge in [0.1, 0.15) is 0 Å². The standard InChI is InChI=1S/C19H26ClN3O4/c1-3-27-19(26)22-10-7-17(8-11-22)23(14(2)24)12-9-18(25)21-16-6-4-5-15(20)13-16/h4-6,13,17H,3,7-12H2,1-2H3,(H,21,25). The molecule has 0 spiro atoms. The van der Waals surface area contributed by atoms with Crippen molar-refractivity contribution in [2.24, 2.45) is 0 Å². The first-order chi connectivity index (χ1) is 12.9. The third kappa shape index (κ3) is 6.43. The van der Waals surface area contributed by atoms with Gasteiger partial charge in [-0.15, -0.1) is 0 Å². The van der Waals surface area contributed by atoms with Crippen LogP contribution in [0.25, 0.3) is 0 Å². The molecule has 148 valence electrons. The summed E-state index contributed by atoms with van der Waals surface area (Å²) in [7, 11) is 0. The number of nitrogens with one attached hydrogen (secondary N) is 1. The van der Waals surface area contributed by atoms with Crippen molar-refractivity contribution in [3.05, 3.63) is 29.3 Å². The largest absolute Gasteiger partial charge is 0.450 e. The SMILES string of the molecule is CCOC(=O)N1CCC(N(CCC(=O)Nc2cccc(Cl)c2)C(C)=O)CC1. The number of ether oxygens (including phenoxy) is 1. The number of rotatable bonds is 6. The van der Waals surface area contributed by atoms with E-state index in [0.29, 0.717) is 49.8 Å². The third-order valence-electron chi connectivity index (χ3n) is 4.52. The van der Waals surface area contributed by atoms with Crippen molar-refractivity contribution in [3.8, 4) is 0 Å². The van der Waals surface area contributed by atoms with Gasteiger partial charge in [-0.25, -0.2) is 4.79 Å². The van der Waals surface area contributed by atoms with Crippen molar-refractivity contribution in [3.63, 3.8) is 0 Å². The highest BCUT2D eigenvalue weighted by Gasteiger charge is 2.29. The molecular formula is C19H26ClN3O4. The van der Waals surface area contributed by atoms with E-state index in [4.69, 9.17) is 16.3 Å². The number of anilines is 1. The number of benzene rings is 1. The molecule has 27 heavy (non-hydrogen) atoms. The summed E-state index contributed by atoms with van der Waals surface area (Å²) in [5.41, 5.74) is 0.629. The molecule has 1 aliphatic rings. The van der Waals surface area contributed by atoms with Gasteiger partial charge in [0, 0.05) is 49.7 Å². The number of hydrogen-bond donors (Lipinski definition) is 1. The minimum atomic E-state index is -0.314. The molecule has 7 nitrogen and oxygen atoms in total. The summed E-state index contributed by atoms with van der Waals surface area (Å²) in [6.07, 6.45) is 1.23. The minimum Gasteiger partial charge on any atom is -0.450 e. The Morgan fingerprint density at radius 1 is 1.30 bits per heavy atom. The van der Waals surface area contributed by atoms with Crippen LogP contribution in [0.5, 0.6) is 0 Å². The van der Waals surface area contributed by atoms with Gasteiger partial charge >= 0.3 is 6.09 Å². The molecule has 3 amide bonds. The maximum Gasteiger partial charge on any atom is 0.409 e. The molecule has 0 aromatic heterocycles. The van der Waals surface area contributed by atoms with Gasteiger partial charge in [-0.2, -0.15) is 0 Å². The lowest BCUT2D eigenvalue weighted by atomic mass is 10.0. The van der Waals surface area contributed by atoms with E-state index in [2.05, 4.69) is 5.32 Å². The number of carbonyl (C=O) groups is 3.